The summed E-state index contributed by atoms with van der Waals surface area (Å²) in [7, 11) is 0. The second kappa shape index (κ2) is 4.49. The highest BCUT2D eigenvalue weighted by atomic mass is 15.0. The number of benzene rings is 1. The Kier molecular flexibility index (Phi) is 3.16. The Bertz CT molecular complexity index is 594. The predicted molar refractivity (Wildman–Crippen MR) is 81.6 cm³/mol. The lowest BCUT2D eigenvalue weighted by atomic mass is 9.96. The highest BCUT2D eigenvalue weighted by molar-refractivity contribution is 5.93. The number of hydrogen-bond acceptors (Lipinski definition) is 0. The van der Waals surface area contributed by atoms with Gasteiger partial charge in [0.1, 0.15) is 0 Å². The molecule has 0 radical (unpaired) electrons. The summed E-state index contributed by atoms with van der Waals surface area (Å²) in [5.41, 5.74) is 3.85. The minimum absolute atomic E-state index is 0.234. The van der Waals surface area contributed by atoms with Crippen LogP contribution in [-0.2, 0) is 6.54 Å². The zero-order chi connectivity index (χ0) is 13.3. The van der Waals surface area contributed by atoms with Crippen LogP contribution in [0.3, 0.4) is 0 Å². The number of fused-ring (bicyclic) bond motifs is 1. The van der Waals surface area contributed by atoms with Crippen molar-refractivity contribution in [2.45, 2.75) is 27.3 Å². The van der Waals surface area contributed by atoms with Gasteiger partial charge >= 0.3 is 0 Å². The molecule has 1 aromatic heterocycles. The van der Waals surface area contributed by atoms with E-state index < -0.39 is 0 Å². The monoisotopic (exact) mass is 239 g/mol. The summed E-state index contributed by atoms with van der Waals surface area (Å²) in [6.45, 7) is 15.6. The molecular weight excluding hydrogens is 218 g/mol. The molecule has 0 fully saturated rings. The average molecular weight is 239 g/mol. The van der Waals surface area contributed by atoms with E-state index >= 15 is 0 Å². The second-order valence-corrected chi connectivity index (χ2v) is 5.87. The first-order valence-corrected chi connectivity index (χ1v) is 6.34. The van der Waals surface area contributed by atoms with Gasteiger partial charge in [0.25, 0.3) is 0 Å². The van der Waals surface area contributed by atoms with Crippen molar-refractivity contribution in [3.8, 4) is 0 Å². The molecule has 0 aliphatic rings. The van der Waals surface area contributed by atoms with Crippen molar-refractivity contribution in [2.75, 3.05) is 0 Å². The van der Waals surface area contributed by atoms with Crippen LogP contribution in [0, 0.1) is 5.41 Å². The summed E-state index contributed by atoms with van der Waals surface area (Å²) >= 11 is 0. The van der Waals surface area contributed by atoms with E-state index in [0.717, 1.165) is 6.54 Å². The highest BCUT2D eigenvalue weighted by Gasteiger charge is 2.18. The van der Waals surface area contributed by atoms with E-state index in [4.69, 9.17) is 0 Å². The van der Waals surface area contributed by atoms with Gasteiger partial charge in [0, 0.05) is 28.7 Å². The van der Waals surface area contributed by atoms with Crippen LogP contribution in [0.1, 0.15) is 32.0 Å². The Balaban J connectivity index is 2.77. The first kappa shape index (κ1) is 12.7. The normalized spacial score (nSPS) is 11.7. The molecule has 0 N–H and O–H groups in total. The molecule has 0 atom stereocenters. The van der Waals surface area contributed by atoms with Crippen molar-refractivity contribution in [3.05, 3.63) is 48.7 Å². The number of aromatic nitrogens is 1. The first-order valence-electron chi connectivity index (χ1n) is 6.34. The summed E-state index contributed by atoms with van der Waals surface area (Å²) in [5, 5.41) is 1.26. The minimum atomic E-state index is 0.234. The van der Waals surface area contributed by atoms with Crippen molar-refractivity contribution in [2.24, 2.45) is 5.41 Å². The van der Waals surface area contributed by atoms with E-state index in [9.17, 15) is 0 Å². The highest BCUT2D eigenvalue weighted by Crippen LogP contribution is 2.30. The molecule has 1 nitrogen and oxygen atoms in total. The maximum atomic E-state index is 3.96. The molecule has 0 aliphatic heterocycles. The molecule has 94 valence electrons. The molecule has 1 heterocycles. The van der Waals surface area contributed by atoms with Crippen molar-refractivity contribution < 1.29 is 0 Å². The number of rotatable bonds is 3. The standard InChI is InChI=1S/C17H21N/c1-6-13-14-10-8-9-11-16(14)18(15(13)7-2)12-17(3,4)5/h6-11H,1-2,12H2,3-5H3. The maximum Gasteiger partial charge on any atom is 0.0491 e. The summed E-state index contributed by atoms with van der Waals surface area (Å²) in [4.78, 5) is 0. The maximum absolute atomic E-state index is 3.96. The van der Waals surface area contributed by atoms with Crippen LogP contribution >= 0.6 is 0 Å². The smallest absolute Gasteiger partial charge is 0.0491 e. The third-order valence-electron chi connectivity index (χ3n) is 3.08. The Morgan fingerprint density at radius 2 is 1.78 bits per heavy atom. The fourth-order valence-electron chi connectivity index (χ4n) is 2.43. The largest absolute Gasteiger partial charge is 0.340 e. The molecule has 2 aromatic rings. The third kappa shape index (κ3) is 2.13. The predicted octanol–water partition coefficient (Wildman–Crippen LogP) is 4.97. The van der Waals surface area contributed by atoms with Crippen LogP contribution in [0.5, 0.6) is 0 Å². The van der Waals surface area contributed by atoms with Gasteiger partial charge in [0.05, 0.1) is 0 Å². The molecule has 1 aromatic carbocycles. The average Bonchev–Trinajstić information content (AvgIpc) is 2.61. The minimum Gasteiger partial charge on any atom is -0.340 e. The summed E-state index contributed by atoms with van der Waals surface area (Å²) in [6.07, 6.45) is 3.86. The molecule has 0 bridgehead atoms. The van der Waals surface area contributed by atoms with Gasteiger partial charge < -0.3 is 4.57 Å². The molecule has 2 rings (SSSR count). The lowest BCUT2D eigenvalue weighted by Crippen LogP contribution is -2.16. The Morgan fingerprint density at radius 1 is 1.11 bits per heavy atom. The molecule has 0 saturated heterocycles. The molecule has 0 spiro atoms. The summed E-state index contributed by atoms with van der Waals surface area (Å²) in [6, 6.07) is 8.48. The van der Waals surface area contributed by atoms with Gasteiger partial charge in [-0.2, -0.15) is 0 Å². The van der Waals surface area contributed by atoms with Crippen molar-refractivity contribution in [1.29, 1.82) is 0 Å². The van der Waals surface area contributed by atoms with E-state index in [2.05, 4.69) is 62.8 Å². The number of hydrogen-bond donors (Lipinski definition) is 0. The van der Waals surface area contributed by atoms with Crippen LogP contribution in [0.25, 0.3) is 23.1 Å². The van der Waals surface area contributed by atoms with Crippen LogP contribution in [0.15, 0.2) is 37.4 Å². The quantitative estimate of drug-likeness (QED) is 0.712. The molecule has 0 unspecified atom stereocenters. The molecule has 0 amide bonds. The van der Waals surface area contributed by atoms with Crippen molar-refractivity contribution >= 4 is 23.1 Å². The Labute approximate surface area is 109 Å². The van der Waals surface area contributed by atoms with Crippen LogP contribution in [0.2, 0.25) is 0 Å². The lowest BCUT2D eigenvalue weighted by molar-refractivity contribution is 0.348. The van der Waals surface area contributed by atoms with E-state index in [1.54, 1.807) is 0 Å². The molecule has 0 aliphatic carbocycles. The number of para-hydroxylation sites is 1. The SMILES string of the molecule is C=Cc1c(C=C)n(CC(C)(C)C)c2ccccc12. The molecule has 1 heteroatoms. The fraction of sp³-hybridized carbons (Fsp3) is 0.294. The second-order valence-electron chi connectivity index (χ2n) is 5.87. The Morgan fingerprint density at radius 3 is 2.33 bits per heavy atom. The van der Waals surface area contributed by atoms with E-state index in [1.165, 1.54) is 22.2 Å². The van der Waals surface area contributed by atoms with Gasteiger partial charge in [-0.25, -0.2) is 0 Å². The molecular formula is C17H21N. The van der Waals surface area contributed by atoms with E-state index in [1.807, 2.05) is 12.2 Å². The Hall–Kier alpha value is -1.76. The van der Waals surface area contributed by atoms with Gasteiger partial charge in [-0.3, -0.25) is 0 Å². The topological polar surface area (TPSA) is 4.93 Å². The van der Waals surface area contributed by atoms with E-state index in [0.29, 0.717) is 0 Å². The van der Waals surface area contributed by atoms with Gasteiger partial charge in [-0.05, 0) is 17.6 Å². The molecule has 18 heavy (non-hydrogen) atoms. The third-order valence-corrected chi connectivity index (χ3v) is 3.08. The first-order chi connectivity index (χ1) is 8.48. The fourth-order valence-corrected chi connectivity index (χ4v) is 2.43. The lowest BCUT2D eigenvalue weighted by Gasteiger charge is -2.21. The zero-order valence-electron chi connectivity index (χ0n) is 11.5. The summed E-state index contributed by atoms with van der Waals surface area (Å²) < 4.78 is 2.35. The van der Waals surface area contributed by atoms with Gasteiger partial charge in [0.2, 0.25) is 0 Å². The van der Waals surface area contributed by atoms with Crippen LogP contribution in [-0.4, -0.2) is 4.57 Å². The van der Waals surface area contributed by atoms with Gasteiger partial charge in [-0.15, -0.1) is 0 Å². The zero-order valence-corrected chi connectivity index (χ0v) is 11.5. The number of nitrogens with zero attached hydrogens (tertiary/aromatic N) is 1. The van der Waals surface area contributed by atoms with Crippen molar-refractivity contribution in [1.82, 2.24) is 4.57 Å². The van der Waals surface area contributed by atoms with Crippen molar-refractivity contribution in [3.63, 3.8) is 0 Å². The van der Waals surface area contributed by atoms with Gasteiger partial charge in [-0.1, -0.05) is 58.2 Å². The van der Waals surface area contributed by atoms with Crippen LogP contribution in [0.4, 0.5) is 0 Å². The molecule has 0 saturated carbocycles. The van der Waals surface area contributed by atoms with E-state index in [-0.39, 0.29) is 5.41 Å². The van der Waals surface area contributed by atoms with Crippen LogP contribution < -0.4 is 0 Å². The summed E-state index contributed by atoms with van der Waals surface area (Å²) in [5.74, 6) is 0. The van der Waals surface area contributed by atoms with Gasteiger partial charge in [0.15, 0.2) is 0 Å².